The fraction of sp³-hybridized carbons (Fsp3) is 0.417. The highest BCUT2D eigenvalue weighted by Gasteiger charge is 2.17. The van der Waals surface area contributed by atoms with Crippen LogP contribution in [-0.4, -0.2) is 19.1 Å². The van der Waals surface area contributed by atoms with Crippen LogP contribution in [0.1, 0.15) is 24.8 Å². The number of fused-ring (bicyclic) bond motifs is 1. The van der Waals surface area contributed by atoms with Gasteiger partial charge in [-0.1, -0.05) is 6.07 Å². The summed E-state index contributed by atoms with van der Waals surface area (Å²) in [6, 6.07) is 5.52. The second-order valence-corrected chi connectivity index (χ2v) is 3.99. The van der Waals surface area contributed by atoms with E-state index in [0.29, 0.717) is 19.0 Å². The molecule has 1 aromatic rings. The summed E-state index contributed by atoms with van der Waals surface area (Å²) in [6.45, 7) is 3.08. The maximum atomic E-state index is 11.4. The smallest absolute Gasteiger partial charge is 0.241 e. The molecule has 1 aliphatic heterocycles. The fourth-order valence-corrected chi connectivity index (χ4v) is 1.73. The van der Waals surface area contributed by atoms with E-state index in [4.69, 9.17) is 15.3 Å². The molecule has 17 heavy (non-hydrogen) atoms. The third-order valence-corrected chi connectivity index (χ3v) is 2.81. The lowest BCUT2D eigenvalue weighted by Gasteiger charge is -2.13. The van der Waals surface area contributed by atoms with Gasteiger partial charge in [-0.15, -0.1) is 0 Å². The monoisotopic (exact) mass is 236 g/mol. The fourth-order valence-electron chi connectivity index (χ4n) is 1.73. The average Bonchev–Trinajstić information content (AvgIpc) is 2.61. The molecule has 1 unspecified atom stereocenters. The molecule has 5 heteroatoms. The standard InChI is InChI=1S/C12H16N2O3/c1-8(12(15)14-13)9-3-4-10-11(7-9)17-6-2-5-16-10/h3-4,7-8H,2,5-6,13H2,1H3,(H,14,15). The van der Waals surface area contributed by atoms with Crippen molar-refractivity contribution in [3.63, 3.8) is 0 Å². The lowest BCUT2D eigenvalue weighted by molar-refractivity contribution is -0.122. The van der Waals surface area contributed by atoms with E-state index in [1.807, 2.05) is 18.2 Å². The first-order valence-electron chi connectivity index (χ1n) is 5.62. The van der Waals surface area contributed by atoms with Gasteiger partial charge in [0.2, 0.25) is 5.91 Å². The Morgan fingerprint density at radius 2 is 2.06 bits per heavy atom. The summed E-state index contributed by atoms with van der Waals surface area (Å²) in [5.41, 5.74) is 3.00. The molecule has 0 spiro atoms. The van der Waals surface area contributed by atoms with Gasteiger partial charge in [-0.05, 0) is 24.6 Å². The quantitative estimate of drug-likeness (QED) is 0.455. The van der Waals surface area contributed by atoms with E-state index < -0.39 is 0 Å². The van der Waals surface area contributed by atoms with Crippen molar-refractivity contribution in [3.05, 3.63) is 23.8 Å². The summed E-state index contributed by atoms with van der Waals surface area (Å²) in [5, 5.41) is 0. The van der Waals surface area contributed by atoms with E-state index in [-0.39, 0.29) is 11.8 Å². The Bertz CT molecular complexity index is 420. The van der Waals surface area contributed by atoms with Crippen molar-refractivity contribution in [2.45, 2.75) is 19.3 Å². The number of nitrogens with one attached hydrogen (secondary N) is 1. The minimum absolute atomic E-state index is 0.223. The van der Waals surface area contributed by atoms with Gasteiger partial charge in [-0.2, -0.15) is 0 Å². The van der Waals surface area contributed by atoms with Crippen LogP contribution in [0.15, 0.2) is 18.2 Å². The minimum Gasteiger partial charge on any atom is -0.490 e. The zero-order valence-corrected chi connectivity index (χ0v) is 9.73. The molecule has 0 radical (unpaired) electrons. The highest BCUT2D eigenvalue weighted by atomic mass is 16.5. The van der Waals surface area contributed by atoms with Crippen molar-refractivity contribution < 1.29 is 14.3 Å². The molecule has 0 aliphatic carbocycles. The molecule has 1 aliphatic rings. The number of carbonyl (C=O) groups is 1. The van der Waals surface area contributed by atoms with Crippen LogP contribution >= 0.6 is 0 Å². The van der Waals surface area contributed by atoms with E-state index >= 15 is 0 Å². The van der Waals surface area contributed by atoms with Gasteiger partial charge in [-0.3, -0.25) is 10.2 Å². The van der Waals surface area contributed by atoms with Crippen LogP contribution < -0.4 is 20.7 Å². The van der Waals surface area contributed by atoms with Gasteiger partial charge in [0.05, 0.1) is 19.1 Å². The van der Waals surface area contributed by atoms with Crippen molar-refractivity contribution in [2.24, 2.45) is 5.84 Å². The largest absolute Gasteiger partial charge is 0.490 e. The molecular weight excluding hydrogens is 220 g/mol. The molecule has 1 atom stereocenters. The van der Waals surface area contributed by atoms with Crippen LogP contribution in [0, 0.1) is 0 Å². The normalized spacial score (nSPS) is 15.9. The molecule has 0 saturated heterocycles. The second kappa shape index (κ2) is 5.05. The number of hydrazine groups is 1. The Labute approximate surface area is 99.9 Å². The van der Waals surface area contributed by atoms with Gasteiger partial charge in [0.1, 0.15) is 0 Å². The number of benzene rings is 1. The summed E-state index contributed by atoms with van der Waals surface area (Å²) >= 11 is 0. The van der Waals surface area contributed by atoms with Gasteiger partial charge in [-0.25, -0.2) is 5.84 Å². The highest BCUT2D eigenvalue weighted by molar-refractivity contribution is 5.82. The molecular formula is C12H16N2O3. The molecule has 5 nitrogen and oxygen atoms in total. The molecule has 0 saturated carbocycles. The molecule has 0 fully saturated rings. The van der Waals surface area contributed by atoms with Gasteiger partial charge in [0.25, 0.3) is 0 Å². The van der Waals surface area contributed by atoms with Crippen LogP contribution in [0.25, 0.3) is 0 Å². The van der Waals surface area contributed by atoms with E-state index in [1.165, 1.54) is 0 Å². The summed E-state index contributed by atoms with van der Waals surface area (Å²) in [5.74, 6) is 6.01. The maximum absolute atomic E-state index is 11.4. The molecule has 92 valence electrons. The first kappa shape index (κ1) is 11.7. The van der Waals surface area contributed by atoms with Crippen molar-refractivity contribution in [3.8, 4) is 11.5 Å². The van der Waals surface area contributed by atoms with Crippen LogP contribution in [0.4, 0.5) is 0 Å². The van der Waals surface area contributed by atoms with Gasteiger partial charge in [0, 0.05) is 6.42 Å². The lowest BCUT2D eigenvalue weighted by Crippen LogP contribution is -2.33. The number of carbonyl (C=O) groups excluding carboxylic acids is 1. The number of hydrogen-bond donors (Lipinski definition) is 2. The van der Waals surface area contributed by atoms with Crippen LogP contribution in [0.5, 0.6) is 11.5 Å². The zero-order chi connectivity index (χ0) is 12.3. The predicted molar refractivity (Wildman–Crippen MR) is 62.8 cm³/mol. The van der Waals surface area contributed by atoms with Gasteiger partial charge >= 0.3 is 0 Å². The topological polar surface area (TPSA) is 73.6 Å². The third-order valence-electron chi connectivity index (χ3n) is 2.81. The molecule has 0 bridgehead atoms. The minimum atomic E-state index is -0.308. The summed E-state index contributed by atoms with van der Waals surface area (Å²) in [7, 11) is 0. The highest BCUT2D eigenvalue weighted by Crippen LogP contribution is 2.32. The molecule has 2 rings (SSSR count). The van der Waals surface area contributed by atoms with E-state index in [2.05, 4.69) is 5.43 Å². The molecule has 1 heterocycles. The average molecular weight is 236 g/mol. The third kappa shape index (κ3) is 2.50. The number of rotatable bonds is 2. The zero-order valence-electron chi connectivity index (χ0n) is 9.73. The number of hydrogen-bond acceptors (Lipinski definition) is 4. The van der Waals surface area contributed by atoms with E-state index in [0.717, 1.165) is 17.7 Å². The molecule has 3 N–H and O–H groups in total. The predicted octanol–water partition coefficient (Wildman–Crippen LogP) is 0.941. The molecule has 1 amide bonds. The van der Waals surface area contributed by atoms with Crippen molar-refractivity contribution in [1.82, 2.24) is 5.43 Å². The van der Waals surface area contributed by atoms with E-state index in [9.17, 15) is 4.79 Å². The Balaban J connectivity index is 2.26. The number of ether oxygens (including phenoxy) is 2. The van der Waals surface area contributed by atoms with E-state index in [1.54, 1.807) is 6.92 Å². The van der Waals surface area contributed by atoms with Crippen LogP contribution in [-0.2, 0) is 4.79 Å². The number of nitrogens with two attached hydrogens (primary N) is 1. The summed E-state index contributed by atoms with van der Waals surface area (Å²) < 4.78 is 11.1. The number of amides is 1. The first-order valence-corrected chi connectivity index (χ1v) is 5.62. The van der Waals surface area contributed by atoms with Crippen LogP contribution in [0.3, 0.4) is 0 Å². The Morgan fingerprint density at radius 3 is 2.76 bits per heavy atom. The first-order chi connectivity index (χ1) is 8.22. The Kier molecular flexibility index (Phi) is 3.49. The van der Waals surface area contributed by atoms with Gasteiger partial charge < -0.3 is 9.47 Å². The van der Waals surface area contributed by atoms with Crippen molar-refractivity contribution in [2.75, 3.05) is 13.2 Å². The molecule has 1 aromatic carbocycles. The lowest BCUT2D eigenvalue weighted by atomic mass is 10.00. The SMILES string of the molecule is CC(C(=O)NN)c1ccc2c(c1)OCCCO2. The summed E-state index contributed by atoms with van der Waals surface area (Å²) in [4.78, 5) is 11.4. The van der Waals surface area contributed by atoms with Crippen molar-refractivity contribution in [1.29, 1.82) is 0 Å². The van der Waals surface area contributed by atoms with Gasteiger partial charge in [0.15, 0.2) is 11.5 Å². The summed E-state index contributed by atoms with van der Waals surface area (Å²) in [6.07, 6.45) is 0.864. The Hall–Kier alpha value is -1.75. The maximum Gasteiger partial charge on any atom is 0.241 e. The second-order valence-electron chi connectivity index (χ2n) is 3.99. The van der Waals surface area contributed by atoms with Crippen LogP contribution in [0.2, 0.25) is 0 Å². The Morgan fingerprint density at radius 1 is 1.35 bits per heavy atom. The van der Waals surface area contributed by atoms with Crippen molar-refractivity contribution >= 4 is 5.91 Å². The molecule has 0 aromatic heterocycles.